The van der Waals surface area contributed by atoms with E-state index in [0.29, 0.717) is 22.6 Å². The zero-order valence-electron chi connectivity index (χ0n) is 10.8. The van der Waals surface area contributed by atoms with Gasteiger partial charge in [-0.25, -0.2) is 0 Å². The number of benzene rings is 2. The van der Waals surface area contributed by atoms with Gasteiger partial charge in [-0.15, -0.1) is 0 Å². The lowest BCUT2D eigenvalue weighted by atomic mass is 10.1. The fraction of sp³-hybridized carbons (Fsp3) is 0.133. The molecule has 1 atom stereocenters. The van der Waals surface area contributed by atoms with E-state index in [1.165, 1.54) is 7.11 Å². The predicted molar refractivity (Wildman–Crippen MR) is 71.9 cm³/mol. The van der Waals surface area contributed by atoms with Gasteiger partial charge in [-0.2, -0.15) is 0 Å². The summed E-state index contributed by atoms with van der Waals surface area (Å²) in [6.45, 7) is 0. The number of ether oxygens (including phenoxy) is 2. The molecule has 0 saturated heterocycles. The molecule has 0 fully saturated rings. The number of carbonyl (C=O) groups is 1. The zero-order valence-corrected chi connectivity index (χ0v) is 10.8. The number of hydrogen-bond acceptors (Lipinski definition) is 4. The molecular formula is C15H13NO4. The molecule has 0 bridgehead atoms. The normalized spacial score (nSPS) is 16.9. The van der Waals surface area contributed by atoms with Crippen molar-refractivity contribution in [3.63, 3.8) is 0 Å². The zero-order chi connectivity index (χ0) is 14.1. The maximum Gasteiger partial charge on any atom is 0.258 e. The highest BCUT2D eigenvalue weighted by atomic mass is 16.5. The first-order valence-electron chi connectivity index (χ1n) is 6.12. The summed E-state index contributed by atoms with van der Waals surface area (Å²) in [4.78, 5) is 12.1. The summed E-state index contributed by atoms with van der Waals surface area (Å²) in [6.07, 6.45) is -0.654. The molecule has 0 spiro atoms. The van der Waals surface area contributed by atoms with Crippen molar-refractivity contribution in [2.45, 2.75) is 6.23 Å². The van der Waals surface area contributed by atoms with Gasteiger partial charge < -0.3 is 19.9 Å². The summed E-state index contributed by atoms with van der Waals surface area (Å²) in [5.74, 6) is 0.791. The molecule has 0 saturated carbocycles. The van der Waals surface area contributed by atoms with Crippen molar-refractivity contribution in [1.82, 2.24) is 5.32 Å². The van der Waals surface area contributed by atoms with E-state index in [1.807, 2.05) is 0 Å². The lowest BCUT2D eigenvalue weighted by Crippen LogP contribution is -2.36. The molecule has 1 amide bonds. The Morgan fingerprint density at radius 1 is 1.25 bits per heavy atom. The van der Waals surface area contributed by atoms with Crippen molar-refractivity contribution in [2.75, 3.05) is 7.11 Å². The van der Waals surface area contributed by atoms with E-state index in [2.05, 4.69) is 5.32 Å². The number of nitrogens with one attached hydrogen (secondary N) is 1. The van der Waals surface area contributed by atoms with Crippen molar-refractivity contribution in [2.24, 2.45) is 0 Å². The average Bonchev–Trinajstić information content (AvgIpc) is 2.46. The van der Waals surface area contributed by atoms with Gasteiger partial charge in [0.1, 0.15) is 5.75 Å². The molecule has 0 aliphatic carbocycles. The number of para-hydroxylation sites is 1. The summed E-state index contributed by atoms with van der Waals surface area (Å²) < 4.78 is 11.0. The Kier molecular flexibility index (Phi) is 2.95. The first-order chi connectivity index (χ1) is 9.69. The third-order valence-corrected chi connectivity index (χ3v) is 3.11. The van der Waals surface area contributed by atoms with Crippen molar-refractivity contribution in [1.29, 1.82) is 0 Å². The smallest absolute Gasteiger partial charge is 0.258 e. The van der Waals surface area contributed by atoms with Crippen LogP contribution in [-0.2, 0) is 0 Å². The Morgan fingerprint density at radius 3 is 2.80 bits per heavy atom. The second-order valence-electron chi connectivity index (χ2n) is 4.40. The molecule has 3 rings (SSSR count). The number of phenols is 1. The van der Waals surface area contributed by atoms with Crippen LogP contribution in [0.4, 0.5) is 0 Å². The standard InChI is InChI=1S/C15H13NO4/c1-19-12-7-3-6-11-13(12)20-15(16-14(11)18)9-4-2-5-10(17)8-9/h2-8,15,17H,1H3,(H,16,18). The Morgan fingerprint density at radius 2 is 2.05 bits per heavy atom. The monoisotopic (exact) mass is 271 g/mol. The van der Waals surface area contributed by atoms with E-state index >= 15 is 0 Å². The first kappa shape index (κ1) is 12.3. The van der Waals surface area contributed by atoms with Gasteiger partial charge in [-0.3, -0.25) is 4.79 Å². The van der Waals surface area contributed by atoms with E-state index in [9.17, 15) is 9.90 Å². The van der Waals surface area contributed by atoms with E-state index < -0.39 is 6.23 Å². The molecule has 0 radical (unpaired) electrons. The minimum atomic E-state index is -0.654. The van der Waals surface area contributed by atoms with Crippen LogP contribution in [0.25, 0.3) is 0 Å². The maximum absolute atomic E-state index is 12.1. The van der Waals surface area contributed by atoms with Crippen LogP contribution in [0.15, 0.2) is 42.5 Å². The highest BCUT2D eigenvalue weighted by Gasteiger charge is 2.29. The van der Waals surface area contributed by atoms with Crippen LogP contribution in [0.1, 0.15) is 22.1 Å². The van der Waals surface area contributed by atoms with Gasteiger partial charge in [0.05, 0.1) is 12.7 Å². The lowest BCUT2D eigenvalue weighted by Gasteiger charge is -2.28. The van der Waals surface area contributed by atoms with Crippen molar-refractivity contribution in [3.8, 4) is 17.2 Å². The number of amides is 1. The molecule has 102 valence electrons. The van der Waals surface area contributed by atoms with E-state index in [4.69, 9.17) is 9.47 Å². The van der Waals surface area contributed by atoms with Crippen LogP contribution in [-0.4, -0.2) is 18.1 Å². The third kappa shape index (κ3) is 2.03. The first-order valence-corrected chi connectivity index (χ1v) is 6.12. The molecule has 5 nitrogen and oxygen atoms in total. The summed E-state index contributed by atoms with van der Waals surface area (Å²) in [5, 5.41) is 12.3. The number of rotatable bonds is 2. The second-order valence-corrected chi connectivity index (χ2v) is 4.40. The number of hydrogen-bond donors (Lipinski definition) is 2. The second kappa shape index (κ2) is 4.77. The summed E-state index contributed by atoms with van der Waals surface area (Å²) in [5.41, 5.74) is 1.09. The molecule has 1 heterocycles. The van der Waals surface area contributed by atoms with Gasteiger partial charge >= 0.3 is 0 Å². The van der Waals surface area contributed by atoms with Crippen molar-refractivity contribution in [3.05, 3.63) is 53.6 Å². The highest BCUT2D eigenvalue weighted by Crippen LogP contribution is 2.37. The molecule has 1 aliphatic rings. The largest absolute Gasteiger partial charge is 0.508 e. The summed E-state index contributed by atoms with van der Waals surface area (Å²) in [7, 11) is 1.52. The van der Waals surface area contributed by atoms with E-state index in [0.717, 1.165) is 0 Å². The van der Waals surface area contributed by atoms with Crippen LogP contribution >= 0.6 is 0 Å². The van der Waals surface area contributed by atoms with E-state index in [1.54, 1.807) is 42.5 Å². The maximum atomic E-state index is 12.1. The Balaban J connectivity index is 2.01. The molecule has 1 aliphatic heterocycles. The Bertz CT molecular complexity index is 669. The SMILES string of the molecule is COc1cccc2c1OC(c1cccc(O)c1)NC2=O. The molecule has 2 aromatic rings. The fourth-order valence-electron chi connectivity index (χ4n) is 2.16. The van der Waals surface area contributed by atoms with Crippen molar-refractivity contribution >= 4 is 5.91 Å². The molecule has 2 aromatic carbocycles. The molecule has 20 heavy (non-hydrogen) atoms. The molecule has 0 aromatic heterocycles. The van der Waals surface area contributed by atoms with Gasteiger partial charge in [0, 0.05) is 5.56 Å². The average molecular weight is 271 g/mol. The minimum Gasteiger partial charge on any atom is -0.508 e. The molecule has 5 heteroatoms. The number of fused-ring (bicyclic) bond motifs is 1. The van der Waals surface area contributed by atoms with Crippen LogP contribution < -0.4 is 14.8 Å². The van der Waals surface area contributed by atoms with Gasteiger partial charge in [0.25, 0.3) is 5.91 Å². The van der Waals surface area contributed by atoms with Gasteiger partial charge in [-0.1, -0.05) is 18.2 Å². The predicted octanol–water partition coefficient (Wildman–Crippen LogP) is 2.22. The van der Waals surface area contributed by atoms with Gasteiger partial charge in [-0.05, 0) is 24.3 Å². The van der Waals surface area contributed by atoms with Crippen LogP contribution in [0.3, 0.4) is 0 Å². The van der Waals surface area contributed by atoms with Crippen LogP contribution in [0.2, 0.25) is 0 Å². The number of carbonyl (C=O) groups excluding carboxylic acids is 1. The number of methoxy groups -OCH3 is 1. The number of phenolic OH excluding ortho intramolecular Hbond substituents is 1. The molecule has 1 unspecified atom stereocenters. The Hall–Kier alpha value is -2.69. The van der Waals surface area contributed by atoms with Gasteiger partial charge in [0.15, 0.2) is 17.7 Å². The van der Waals surface area contributed by atoms with Crippen LogP contribution in [0, 0.1) is 0 Å². The van der Waals surface area contributed by atoms with Crippen molar-refractivity contribution < 1.29 is 19.4 Å². The van der Waals surface area contributed by atoms with E-state index in [-0.39, 0.29) is 11.7 Å². The quantitative estimate of drug-likeness (QED) is 0.878. The molecular weight excluding hydrogens is 258 g/mol. The fourth-order valence-corrected chi connectivity index (χ4v) is 2.16. The Labute approximate surface area is 115 Å². The van der Waals surface area contributed by atoms with Crippen LogP contribution in [0.5, 0.6) is 17.2 Å². The number of aromatic hydroxyl groups is 1. The highest BCUT2D eigenvalue weighted by molar-refractivity contribution is 5.98. The topological polar surface area (TPSA) is 67.8 Å². The lowest BCUT2D eigenvalue weighted by molar-refractivity contribution is 0.0746. The van der Waals surface area contributed by atoms with Gasteiger partial charge in [0.2, 0.25) is 0 Å². The summed E-state index contributed by atoms with van der Waals surface area (Å²) >= 11 is 0. The summed E-state index contributed by atoms with van der Waals surface area (Å²) in [6, 6.07) is 11.7. The third-order valence-electron chi connectivity index (χ3n) is 3.11. The molecule has 2 N–H and O–H groups in total. The minimum absolute atomic E-state index is 0.117.